The van der Waals surface area contributed by atoms with Crippen molar-refractivity contribution in [2.45, 2.75) is 87.2 Å². The van der Waals surface area contributed by atoms with Gasteiger partial charge in [-0.2, -0.15) is 15.0 Å². The minimum absolute atomic E-state index is 0. The number of hydrogen-bond acceptors (Lipinski definition) is 12. The molecule has 0 aliphatic carbocycles. The first kappa shape index (κ1) is 77.9. The van der Waals surface area contributed by atoms with Crippen LogP contribution in [-0.4, -0.2) is 148 Å². The van der Waals surface area contributed by atoms with E-state index in [2.05, 4.69) is 100.0 Å². The summed E-state index contributed by atoms with van der Waals surface area (Å²) in [7, 11) is 12.4. The van der Waals surface area contributed by atoms with Gasteiger partial charge >= 0.3 is 17.1 Å². The van der Waals surface area contributed by atoms with Crippen molar-refractivity contribution >= 4 is 33.1 Å². The Hall–Kier alpha value is -5.12. The summed E-state index contributed by atoms with van der Waals surface area (Å²) in [6, 6.07) is 12.1. The molecule has 0 aromatic heterocycles. The van der Waals surface area contributed by atoms with Crippen molar-refractivity contribution in [2.24, 2.45) is 0 Å². The van der Waals surface area contributed by atoms with Crippen molar-refractivity contribution < 1.29 is 129 Å². The number of likely N-dealkylation sites (N-methyl/N-ethyl adjacent to an activating group) is 2. The fourth-order valence-corrected chi connectivity index (χ4v) is 9.40. The van der Waals surface area contributed by atoms with E-state index >= 15 is 0 Å². The van der Waals surface area contributed by atoms with Gasteiger partial charge in [0, 0.05) is 0 Å². The van der Waals surface area contributed by atoms with Gasteiger partial charge in [0.2, 0.25) is 0 Å². The number of aromatic nitrogens is 12. The normalized spacial score (nSPS) is 11.2. The van der Waals surface area contributed by atoms with E-state index in [0.717, 1.165) is 87.5 Å². The molecule has 6 heterocycles. The molecule has 6 aliphatic rings. The summed E-state index contributed by atoms with van der Waals surface area (Å²) in [5.41, 5.74) is 24.8. The highest BCUT2D eigenvalue weighted by molar-refractivity contribution is 5.83. The molecule has 3 aromatic carbocycles. The Labute approximate surface area is 551 Å². The SMILES string of the molecule is CCc1cc2c(cc1C)nc1c(=O)n(CC[NH3+])c(=O)nc-1n2CC[NH3+].Cc1cc2nc3c(=O)n(CC[N+](C)(C)C)c(=O)nc-3n(CC[N+](C)(C)C)c2cc1C.Cc1cc2nc3c(=O)n(CC[NH3+])c(=O)nc-3n(CC[NH3+])c2cc1C.[Cl-].[Cl-].[Cl-].[Cl-].[I-].[I-]. The second-order valence-electron chi connectivity index (χ2n) is 22.3. The van der Waals surface area contributed by atoms with Crippen LogP contribution in [0.15, 0.2) is 65.2 Å². The molecule has 0 fully saturated rings. The second kappa shape index (κ2) is 32.2. The number of rotatable bonds is 15. The smallest absolute Gasteiger partial charge is 0.352 e. The number of nitrogens with zero attached hydrogens (tertiary/aromatic N) is 14. The molecule has 3 aromatic rings. The summed E-state index contributed by atoms with van der Waals surface area (Å²) in [5.74, 6) is 1.03. The minimum atomic E-state index is -0.557. The Kier molecular flexibility index (Phi) is 29.5. The molecule has 9 rings (SSSR count). The number of aryl methyl sites for hydroxylation is 6. The number of quaternary nitrogens is 6. The Bertz CT molecular complexity index is 4060. The molecule has 468 valence electrons. The quantitative estimate of drug-likeness (QED) is 0.0423. The lowest BCUT2D eigenvalue weighted by molar-refractivity contribution is -0.871. The van der Waals surface area contributed by atoms with E-state index in [1.165, 1.54) is 10.1 Å². The minimum Gasteiger partial charge on any atom is -1.00 e. The molecular weight excluding hydrogens is 1400 g/mol. The predicted molar refractivity (Wildman–Crippen MR) is 304 cm³/mol. The number of hydrogen-bond donors (Lipinski definition) is 4. The van der Waals surface area contributed by atoms with Crippen LogP contribution in [0.4, 0.5) is 0 Å². The van der Waals surface area contributed by atoms with Crippen LogP contribution in [0.2, 0.25) is 0 Å². The fourth-order valence-electron chi connectivity index (χ4n) is 9.40. The molecule has 0 radical (unpaired) electrons. The van der Waals surface area contributed by atoms with E-state index in [1.54, 1.807) is 0 Å². The first-order valence-corrected chi connectivity index (χ1v) is 26.8. The highest BCUT2D eigenvalue weighted by atomic mass is 127. The molecule has 24 nitrogen and oxygen atoms in total. The van der Waals surface area contributed by atoms with Gasteiger partial charge < -0.3 is 143 Å². The topological polar surface area (TPSA) is 320 Å². The van der Waals surface area contributed by atoms with Gasteiger partial charge in [0.15, 0.2) is 34.6 Å². The predicted octanol–water partition coefficient (Wildman–Crippen LogP) is -20.3. The molecule has 0 amide bonds. The lowest BCUT2D eigenvalue weighted by atomic mass is 10.0. The second-order valence-corrected chi connectivity index (χ2v) is 22.3. The van der Waals surface area contributed by atoms with Gasteiger partial charge in [-0.15, -0.1) is 0 Å². The summed E-state index contributed by atoms with van der Waals surface area (Å²) in [6.45, 7) is 18.4. The van der Waals surface area contributed by atoms with Crippen LogP contribution in [0.25, 0.3) is 67.7 Å². The van der Waals surface area contributed by atoms with Gasteiger partial charge in [-0.05, 0) is 111 Å². The molecule has 0 saturated carbocycles. The van der Waals surface area contributed by atoms with Crippen LogP contribution in [0.5, 0.6) is 0 Å². The van der Waals surface area contributed by atoms with E-state index in [9.17, 15) is 28.8 Å². The molecular formula is C55H80Cl4I2N18O6. The van der Waals surface area contributed by atoms with Gasteiger partial charge in [-0.1, -0.05) is 6.92 Å². The maximum Gasteiger partial charge on any atom is 0.352 e. The molecule has 0 bridgehead atoms. The maximum absolute atomic E-state index is 13.3. The van der Waals surface area contributed by atoms with Crippen molar-refractivity contribution in [1.82, 2.24) is 57.3 Å². The molecule has 0 spiro atoms. The molecule has 0 atom stereocenters. The van der Waals surface area contributed by atoms with Crippen molar-refractivity contribution in [2.75, 3.05) is 81.6 Å². The van der Waals surface area contributed by atoms with E-state index in [0.29, 0.717) is 80.9 Å². The Morgan fingerprint density at radius 2 is 0.635 bits per heavy atom. The van der Waals surface area contributed by atoms with Gasteiger partial charge in [-0.3, -0.25) is 28.1 Å². The standard InChI is InChI=1S/C22H34N6O2.C17H22N6O2.C16H20N6O2.4ClH.2HI/c1-15-13-17-18(14-16(15)2)25(9-11-27(3,4)5)20-19(23-17)21(29)26(22(30)24-20)10-12-28(6,7)8;1-3-11-9-13-12(8-10(11)2)20-14-15(22(13)6-4-18)21-17(25)23(7-5-19)16(14)24;1-9-7-11-12(8-10(9)2)21(5-3-17)14-13(19-11)15(23)22(6-4-18)16(24)20-14;;;;;;/h13-14H,9-12H2,1-8H3;8-9H,3-7,18-19H2,1-2H3;7-8H,3-6,17-18H2,1-2H3;6*1H/q+2;;;;;;;;/p-2. The lowest BCUT2D eigenvalue weighted by Gasteiger charge is -2.26. The van der Waals surface area contributed by atoms with Gasteiger partial charge in [-0.25, -0.2) is 29.3 Å². The van der Waals surface area contributed by atoms with Gasteiger partial charge in [0.25, 0.3) is 16.7 Å². The largest absolute Gasteiger partial charge is 1.00 e. The number of halogens is 6. The van der Waals surface area contributed by atoms with Crippen molar-refractivity contribution in [3.05, 3.63) is 132 Å². The molecule has 0 unspecified atom stereocenters. The maximum atomic E-state index is 13.3. The van der Waals surface area contributed by atoms with Gasteiger partial charge in [0.1, 0.15) is 0 Å². The summed E-state index contributed by atoms with van der Waals surface area (Å²) < 4.78 is 10.6. The zero-order valence-electron chi connectivity index (χ0n) is 50.5. The van der Waals surface area contributed by atoms with Crippen molar-refractivity contribution in [1.29, 1.82) is 0 Å². The Morgan fingerprint density at radius 3 is 0.941 bits per heavy atom. The van der Waals surface area contributed by atoms with E-state index < -0.39 is 28.2 Å². The molecule has 6 aliphatic heterocycles. The molecule has 85 heavy (non-hydrogen) atoms. The first-order valence-electron chi connectivity index (χ1n) is 26.8. The zero-order chi connectivity index (χ0) is 58.0. The third-order valence-electron chi connectivity index (χ3n) is 14.1. The summed E-state index contributed by atoms with van der Waals surface area (Å²) in [4.78, 5) is 102. The van der Waals surface area contributed by atoms with Crippen LogP contribution < -0.4 is 154 Å². The summed E-state index contributed by atoms with van der Waals surface area (Å²) in [5, 5.41) is 0. The average Bonchev–Trinajstić information content (AvgIpc) is 1.48. The highest BCUT2D eigenvalue weighted by Crippen LogP contribution is 2.27. The van der Waals surface area contributed by atoms with Crippen LogP contribution in [0.3, 0.4) is 0 Å². The first-order chi connectivity index (χ1) is 37.2. The lowest BCUT2D eigenvalue weighted by Crippen LogP contribution is -3.00. The Morgan fingerprint density at radius 1 is 0.376 bits per heavy atom. The van der Waals surface area contributed by atoms with E-state index in [1.807, 2.05) is 86.8 Å². The Balaban J connectivity index is 0.000000620. The monoisotopic (exact) mass is 1480 g/mol. The summed E-state index contributed by atoms with van der Waals surface area (Å²) in [6.07, 6.45) is 0.898. The average molecular weight is 1480 g/mol. The number of fused-ring (bicyclic) bond motifs is 6. The van der Waals surface area contributed by atoms with Gasteiger partial charge in [0.05, 0.1) is 154 Å². The van der Waals surface area contributed by atoms with Crippen molar-refractivity contribution in [3.63, 3.8) is 0 Å². The van der Waals surface area contributed by atoms with Crippen LogP contribution in [-0.2, 0) is 45.7 Å². The van der Waals surface area contributed by atoms with Crippen LogP contribution in [0, 0.1) is 34.6 Å². The van der Waals surface area contributed by atoms with Crippen LogP contribution >= 0.6 is 0 Å². The van der Waals surface area contributed by atoms with E-state index in [4.69, 9.17) is 0 Å². The number of benzene rings is 3. The van der Waals surface area contributed by atoms with Crippen molar-refractivity contribution in [3.8, 4) is 34.6 Å². The zero-order valence-corrected chi connectivity index (χ0v) is 57.8. The van der Waals surface area contributed by atoms with Crippen LogP contribution in [0.1, 0.15) is 40.3 Å². The fraction of sp³-hybridized carbons (Fsp3) is 0.455. The van der Waals surface area contributed by atoms with E-state index in [-0.39, 0.29) is 133 Å². The summed E-state index contributed by atoms with van der Waals surface area (Å²) >= 11 is 0. The third-order valence-corrected chi connectivity index (χ3v) is 14.1. The molecule has 30 heteroatoms. The third kappa shape index (κ3) is 17.1. The molecule has 12 N–H and O–H groups in total. The molecule has 0 saturated heterocycles. The highest BCUT2D eigenvalue weighted by Gasteiger charge is 2.26.